The lowest BCUT2D eigenvalue weighted by Gasteiger charge is -2.21. The number of carbonyl (C=O) groups is 1. The van der Waals surface area contributed by atoms with Crippen LogP contribution in [-0.4, -0.2) is 41.2 Å². The molecule has 5 nitrogen and oxygen atoms in total. The standard InChI is InChI=1S/C14H16N2O3/c1-10(14(18)16-7-6-12(17)9-16)19-13-5-3-2-4-11(13)8-15/h2-5,10,12,17H,6-7,9H2,1H3/t10?,12-/m1/s1. The summed E-state index contributed by atoms with van der Waals surface area (Å²) in [5.41, 5.74) is 0.406. The average molecular weight is 260 g/mol. The highest BCUT2D eigenvalue weighted by Gasteiger charge is 2.29. The minimum atomic E-state index is -0.667. The van der Waals surface area contributed by atoms with Crippen molar-refractivity contribution >= 4 is 5.91 Å². The van der Waals surface area contributed by atoms with Gasteiger partial charge >= 0.3 is 0 Å². The van der Waals surface area contributed by atoms with Crippen LogP contribution in [0, 0.1) is 11.3 Å². The number of amides is 1. The molecule has 1 saturated heterocycles. The lowest BCUT2D eigenvalue weighted by molar-refractivity contribution is -0.137. The largest absolute Gasteiger partial charge is 0.480 e. The van der Waals surface area contributed by atoms with E-state index >= 15 is 0 Å². The number of nitriles is 1. The van der Waals surface area contributed by atoms with Gasteiger partial charge in [0.05, 0.1) is 11.7 Å². The van der Waals surface area contributed by atoms with Crippen molar-refractivity contribution in [2.45, 2.75) is 25.6 Å². The zero-order chi connectivity index (χ0) is 13.8. The van der Waals surface area contributed by atoms with Crippen LogP contribution in [0.5, 0.6) is 5.75 Å². The molecule has 1 heterocycles. The van der Waals surface area contributed by atoms with Gasteiger partial charge in [-0.15, -0.1) is 0 Å². The number of nitrogens with zero attached hydrogens (tertiary/aromatic N) is 2. The van der Waals surface area contributed by atoms with E-state index in [0.29, 0.717) is 30.8 Å². The molecule has 1 amide bonds. The van der Waals surface area contributed by atoms with Crippen molar-refractivity contribution in [3.63, 3.8) is 0 Å². The number of rotatable bonds is 3. The van der Waals surface area contributed by atoms with Crippen LogP contribution in [0.15, 0.2) is 24.3 Å². The van der Waals surface area contributed by atoms with Crippen molar-refractivity contribution in [3.8, 4) is 11.8 Å². The molecule has 1 aromatic carbocycles. The van der Waals surface area contributed by atoms with Gasteiger partial charge in [0.15, 0.2) is 6.10 Å². The molecular weight excluding hydrogens is 244 g/mol. The minimum Gasteiger partial charge on any atom is -0.480 e. The zero-order valence-electron chi connectivity index (χ0n) is 10.7. The van der Waals surface area contributed by atoms with Crippen molar-refractivity contribution in [1.29, 1.82) is 5.26 Å². The molecule has 0 saturated carbocycles. The molecule has 0 aliphatic carbocycles. The van der Waals surface area contributed by atoms with Gasteiger partial charge in [-0.3, -0.25) is 4.79 Å². The Morgan fingerprint density at radius 1 is 1.58 bits per heavy atom. The quantitative estimate of drug-likeness (QED) is 0.877. The molecule has 1 fully saturated rings. The first kappa shape index (κ1) is 13.4. The number of hydrogen-bond donors (Lipinski definition) is 1. The van der Waals surface area contributed by atoms with Crippen LogP contribution < -0.4 is 4.74 Å². The molecule has 0 bridgehead atoms. The van der Waals surface area contributed by atoms with Crippen LogP contribution in [0.2, 0.25) is 0 Å². The molecule has 1 aliphatic rings. The van der Waals surface area contributed by atoms with Crippen LogP contribution in [0.4, 0.5) is 0 Å². The van der Waals surface area contributed by atoms with Crippen LogP contribution in [0.3, 0.4) is 0 Å². The van der Waals surface area contributed by atoms with Gasteiger partial charge < -0.3 is 14.7 Å². The van der Waals surface area contributed by atoms with Crippen molar-refractivity contribution in [2.24, 2.45) is 0 Å². The number of para-hydroxylation sites is 1. The second-order valence-corrected chi connectivity index (χ2v) is 4.59. The summed E-state index contributed by atoms with van der Waals surface area (Å²) in [6.07, 6.45) is -0.505. The Kier molecular flexibility index (Phi) is 4.03. The highest BCUT2D eigenvalue weighted by Crippen LogP contribution is 2.19. The first-order valence-electron chi connectivity index (χ1n) is 6.24. The average Bonchev–Trinajstić information content (AvgIpc) is 2.85. The Labute approximate surface area is 112 Å². The van der Waals surface area contributed by atoms with Gasteiger partial charge in [-0.05, 0) is 25.5 Å². The van der Waals surface area contributed by atoms with Crippen LogP contribution in [0.1, 0.15) is 18.9 Å². The number of aliphatic hydroxyl groups is 1. The first-order chi connectivity index (χ1) is 9.11. The molecule has 5 heteroatoms. The van der Waals surface area contributed by atoms with Gasteiger partial charge in [0.1, 0.15) is 11.8 Å². The maximum atomic E-state index is 12.1. The van der Waals surface area contributed by atoms with Crippen molar-refractivity contribution in [1.82, 2.24) is 4.90 Å². The summed E-state index contributed by atoms with van der Waals surface area (Å²) >= 11 is 0. The fourth-order valence-corrected chi connectivity index (χ4v) is 2.10. The lowest BCUT2D eigenvalue weighted by Crippen LogP contribution is -2.39. The molecule has 2 atom stereocenters. The van der Waals surface area contributed by atoms with E-state index in [0.717, 1.165) is 0 Å². The number of β-amino-alcohol motifs (C(OH)–C–C–N with tert-alkyl or cyclic N) is 1. The van der Waals surface area contributed by atoms with Gasteiger partial charge in [-0.1, -0.05) is 12.1 Å². The van der Waals surface area contributed by atoms with Crippen LogP contribution in [-0.2, 0) is 4.79 Å². The fraction of sp³-hybridized carbons (Fsp3) is 0.429. The summed E-state index contributed by atoms with van der Waals surface area (Å²) in [7, 11) is 0. The van der Waals surface area contributed by atoms with Crippen molar-refractivity contribution in [3.05, 3.63) is 29.8 Å². The Bertz CT molecular complexity index is 510. The van der Waals surface area contributed by atoms with E-state index < -0.39 is 12.2 Å². The van der Waals surface area contributed by atoms with E-state index in [1.807, 2.05) is 6.07 Å². The van der Waals surface area contributed by atoms with Crippen LogP contribution in [0.25, 0.3) is 0 Å². The van der Waals surface area contributed by atoms with Crippen molar-refractivity contribution < 1.29 is 14.6 Å². The molecule has 1 aliphatic heterocycles. The number of likely N-dealkylation sites (tertiary alicyclic amines) is 1. The summed E-state index contributed by atoms with van der Waals surface area (Å²) < 4.78 is 5.55. The Morgan fingerprint density at radius 3 is 2.95 bits per heavy atom. The number of benzene rings is 1. The van der Waals surface area contributed by atoms with Gasteiger partial charge in [0.2, 0.25) is 0 Å². The van der Waals surface area contributed by atoms with E-state index in [1.165, 1.54) is 0 Å². The summed E-state index contributed by atoms with van der Waals surface area (Å²) in [4.78, 5) is 13.7. The second-order valence-electron chi connectivity index (χ2n) is 4.59. The summed E-state index contributed by atoms with van der Waals surface area (Å²) in [5.74, 6) is 0.245. The van der Waals surface area contributed by atoms with Gasteiger partial charge in [0.25, 0.3) is 5.91 Å². The summed E-state index contributed by atoms with van der Waals surface area (Å²) in [6, 6.07) is 8.84. The molecule has 1 unspecified atom stereocenters. The van der Waals surface area contributed by atoms with Crippen molar-refractivity contribution in [2.75, 3.05) is 13.1 Å². The topological polar surface area (TPSA) is 73.6 Å². The third-order valence-corrected chi connectivity index (χ3v) is 3.13. The number of ether oxygens (including phenoxy) is 1. The third kappa shape index (κ3) is 3.04. The molecule has 19 heavy (non-hydrogen) atoms. The van der Waals surface area contributed by atoms with Crippen LogP contribution >= 0.6 is 0 Å². The predicted octanol–water partition coefficient (Wildman–Crippen LogP) is 0.919. The summed E-state index contributed by atoms with van der Waals surface area (Å²) in [5, 5.41) is 18.4. The molecule has 1 N–H and O–H groups in total. The molecule has 2 rings (SSSR count). The Hall–Kier alpha value is -2.06. The van der Waals surface area contributed by atoms with E-state index in [2.05, 4.69) is 0 Å². The monoisotopic (exact) mass is 260 g/mol. The smallest absolute Gasteiger partial charge is 0.263 e. The SMILES string of the molecule is CC(Oc1ccccc1C#N)C(=O)N1CC[C@@H](O)C1. The molecule has 0 spiro atoms. The van der Waals surface area contributed by atoms with Gasteiger partial charge in [-0.25, -0.2) is 0 Å². The van der Waals surface area contributed by atoms with E-state index in [-0.39, 0.29) is 5.91 Å². The van der Waals surface area contributed by atoms with E-state index in [4.69, 9.17) is 10.00 Å². The second kappa shape index (κ2) is 5.72. The molecule has 1 aromatic rings. The normalized spacial score (nSPS) is 19.8. The molecule has 0 radical (unpaired) electrons. The Morgan fingerprint density at radius 2 is 2.32 bits per heavy atom. The molecule has 100 valence electrons. The van der Waals surface area contributed by atoms with Gasteiger partial charge in [0, 0.05) is 13.1 Å². The number of hydrogen-bond acceptors (Lipinski definition) is 4. The third-order valence-electron chi connectivity index (χ3n) is 3.13. The summed E-state index contributed by atoms with van der Waals surface area (Å²) in [6.45, 7) is 2.56. The lowest BCUT2D eigenvalue weighted by atomic mass is 10.2. The highest BCUT2D eigenvalue weighted by molar-refractivity contribution is 5.81. The highest BCUT2D eigenvalue weighted by atomic mass is 16.5. The van der Waals surface area contributed by atoms with Gasteiger partial charge in [-0.2, -0.15) is 5.26 Å². The maximum Gasteiger partial charge on any atom is 0.263 e. The molecule has 0 aromatic heterocycles. The maximum absolute atomic E-state index is 12.1. The zero-order valence-corrected chi connectivity index (χ0v) is 10.7. The predicted molar refractivity (Wildman–Crippen MR) is 68.5 cm³/mol. The van der Waals surface area contributed by atoms with E-state index in [1.54, 1.807) is 36.1 Å². The Balaban J connectivity index is 2.03. The van der Waals surface area contributed by atoms with E-state index in [9.17, 15) is 9.90 Å². The minimum absolute atomic E-state index is 0.163. The number of aliphatic hydroxyl groups excluding tert-OH is 1. The number of carbonyl (C=O) groups excluding carboxylic acids is 1. The first-order valence-corrected chi connectivity index (χ1v) is 6.24. The fourth-order valence-electron chi connectivity index (χ4n) is 2.10. The molecular formula is C14H16N2O3.